The number of rotatable bonds is 4. The topological polar surface area (TPSA) is 77.2 Å². The van der Waals surface area contributed by atoms with Crippen LogP contribution >= 0.6 is 11.3 Å². The van der Waals surface area contributed by atoms with E-state index in [-0.39, 0.29) is 18.3 Å². The van der Waals surface area contributed by atoms with Crippen LogP contribution in [0.25, 0.3) is 10.2 Å². The molecule has 1 aromatic heterocycles. The van der Waals surface area contributed by atoms with Crippen LogP contribution in [-0.2, 0) is 4.79 Å². The number of thiazole rings is 1. The van der Waals surface area contributed by atoms with Crippen molar-refractivity contribution in [3.63, 3.8) is 0 Å². The van der Waals surface area contributed by atoms with Crippen molar-refractivity contribution in [1.29, 1.82) is 0 Å². The Kier molecular flexibility index (Phi) is 3.99. The van der Waals surface area contributed by atoms with Crippen LogP contribution in [0.4, 0.5) is 10.1 Å². The first-order chi connectivity index (χ1) is 10.6. The minimum atomic E-state index is -0.303. The van der Waals surface area contributed by atoms with Crippen LogP contribution in [0.1, 0.15) is 0 Å². The number of nitrogens with two attached hydrogens (primary N) is 1. The van der Waals surface area contributed by atoms with Gasteiger partial charge in [-0.15, -0.1) is 0 Å². The van der Waals surface area contributed by atoms with Crippen LogP contribution in [0.2, 0.25) is 0 Å². The number of aromatic nitrogens is 1. The van der Waals surface area contributed by atoms with E-state index in [1.807, 2.05) is 0 Å². The number of carbonyl (C=O) groups excluding carboxylic acids is 1. The number of carbonyl (C=O) groups is 1. The molecule has 5 nitrogen and oxygen atoms in total. The molecule has 2 aromatic carbocycles. The van der Waals surface area contributed by atoms with Gasteiger partial charge in [0.2, 0.25) is 5.91 Å². The highest BCUT2D eigenvalue weighted by atomic mass is 32.1. The van der Waals surface area contributed by atoms with Crippen LogP contribution in [0.15, 0.2) is 42.5 Å². The SMILES string of the molecule is NCC(=O)Nc1ccc(Oc2nc3ccc(F)cc3s2)cc1. The molecule has 0 aliphatic rings. The van der Waals surface area contributed by atoms with Crippen molar-refractivity contribution in [2.45, 2.75) is 0 Å². The van der Waals surface area contributed by atoms with E-state index in [0.29, 0.717) is 22.1 Å². The lowest BCUT2D eigenvalue weighted by Gasteiger charge is -2.05. The Labute approximate surface area is 129 Å². The molecule has 3 rings (SSSR count). The van der Waals surface area contributed by atoms with E-state index in [2.05, 4.69) is 10.3 Å². The Morgan fingerprint density at radius 2 is 2.05 bits per heavy atom. The quantitative estimate of drug-likeness (QED) is 0.775. The zero-order chi connectivity index (χ0) is 15.5. The molecule has 112 valence electrons. The summed E-state index contributed by atoms with van der Waals surface area (Å²) in [5.41, 5.74) is 6.55. The van der Waals surface area contributed by atoms with Gasteiger partial charge in [-0.3, -0.25) is 4.79 Å². The highest BCUT2D eigenvalue weighted by molar-refractivity contribution is 7.20. The van der Waals surface area contributed by atoms with E-state index < -0.39 is 0 Å². The highest BCUT2D eigenvalue weighted by Crippen LogP contribution is 2.31. The summed E-state index contributed by atoms with van der Waals surface area (Å²) < 4.78 is 19.5. The molecule has 0 saturated heterocycles. The maximum absolute atomic E-state index is 13.1. The Morgan fingerprint density at radius 1 is 1.27 bits per heavy atom. The fourth-order valence-corrected chi connectivity index (χ4v) is 2.70. The Morgan fingerprint density at radius 3 is 2.77 bits per heavy atom. The van der Waals surface area contributed by atoms with Crippen LogP contribution in [-0.4, -0.2) is 17.4 Å². The lowest BCUT2D eigenvalue weighted by Crippen LogP contribution is -2.21. The lowest BCUT2D eigenvalue weighted by atomic mass is 10.3. The maximum atomic E-state index is 13.1. The van der Waals surface area contributed by atoms with Crippen LogP contribution in [0, 0.1) is 5.82 Å². The normalized spacial score (nSPS) is 10.6. The molecule has 3 N–H and O–H groups in total. The molecule has 3 aromatic rings. The van der Waals surface area contributed by atoms with E-state index in [4.69, 9.17) is 10.5 Å². The number of ether oxygens (including phenoxy) is 1. The van der Waals surface area contributed by atoms with Gasteiger partial charge in [-0.1, -0.05) is 11.3 Å². The second kappa shape index (κ2) is 6.08. The summed E-state index contributed by atoms with van der Waals surface area (Å²) in [5, 5.41) is 3.07. The molecule has 22 heavy (non-hydrogen) atoms. The molecule has 7 heteroatoms. The summed E-state index contributed by atoms with van der Waals surface area (Å²) in [6, 6.07) is 11.2. The molecule has 1 amide bonds. The van der Waals surface area contributed by atoms with E-state index in [9.17, 15) is 9.18 Å². The van der Waals surface area contributed by atoms with Gasteiger partial charge in [-0.05, 0) is 42.5 Å². The maximum Gasteiger partial charge on any atom is 0.279 e. The van der Waals surface area contributed by atoms with Crippen molar-refractivity contribution in [3.05, 3.63) is 48.3 Å². The Bertz CT molecular complexity index is 817. The van der Waals surface area contributed by atoms with Crippen molar-refractivity contribution in [2.75, 3.05) is 11.9 Å². The molecule has 1 heterocycles. The van der Waals surface area contributed by atoms with Crippen molar-refractivity contribution < 1.29 is 13.9 Å². The molecule has 0 fully saturated rings. The van der Waals surface area contributed by atoms with Gasteiger partial charge in [0.15, 0.2) is 0 Å². The molecular formula is C15H12FN3O2S. The number of hydrogen-bond donors (Lipinski definition) is 2. The third-order valence-electron chi connectivity index (χ3n) is 2.86. The van der Waals surface area contributed by atoms with Crippen LogP contribution in [0.5, 0.6) is 10.9 Å². The zero-order valence-electron chi connectivity index (χ0n) is 11.4. The summed E-state index contributed by atoms with van der Waals surface area (Å²) in [6.45, 7) is -0.0689. The number of benzene rings is 2. The second-order valence-corrected chi connectivity index (χ2v) is 5.46. The van der Waals surface area contributed by atoms with E-state index in [1.165, 1.54) is 23.5 Å². The summed E-state index contributed by atoms with van der Waals surface area (Å²) in [5.74, 6) is 0.00911. The monoisotopic (exact) mass is 317 g/mol. The number of fused-ring (bicyclic) bond motifs is 1. The van der Waals surface area contributed by atoms with Crippen molar-refractivity contribution in [2.24, 2.45) is 5.73 Å². The first-order valence-corrected chi connectivity index (χ1v) is 7.29. The fourth-order valence-electron chi connectivity index (χ4n) is 1.84. The minimum Gasteiger partial charge on any atom is -0.431 e. The number of nitrogens with zero attached hydrogens (tertiary/aromatic N) is 1. The number of amides is 1. The Balaban J connectivity index is 1.75. The van der Waals surface area contributed by atoms with E-state index >= 15 is 0 Å². The summed E-state index contributed by atoms with van der Waals surface area (Å²) in [4.78, 5) is 15.5. The van der Waals surface area contributed by atoms with Gasteiger partial charge in [0.25, 0.3) is 5.19 Å². The predicted molar refractivity (Wildman–Crippen MR) is 83.8 cm³/mol. The van der Waals surface area contributed by atoms with Crippen molar-refractivity contribution >= 4 is 33.1 Å². The molecule has 0 bridgehead atoms. The first kappa shape index (κ1) is 14.4. The summed E-state index contributed by atoms with van der Waals surface area (Å²) in [6.07, 6.45) is 0. The van der Waals surface area contributed by atoms with Gasteiger partial charge in [0.1, 0.15) is 11.6 Å². The molecule has 0 aliphatic carbocycles. The molecule has 0 radical (unpaired) electrons. The van der Waals surface area contributed by atoms with E-state index in [0.717, 1.165) is 4.70 Å². The molecule has 0 saturated carbocycles. The minimum absolute atomic E-state index is 0.0689. The van der Waals surface area contributed by atoms with Crippen LogP contribution < -0.4 is 15.8 Å². The average Bonchev–Trinajstić information content (AvgIpc) is 2.90. The first-order valence-electron chi connectivity index (χ1n) is 6.48. The van der Waals surface area contributed by atoms with Gasteiger partial charge in [-0.2, -0.15) is 0 Å². The smallest absolute Gasteiger partial charge is 0.279 e. The van der Waals surface area contributed by atoms with E-state index in [1.54, 1.807) is 30.3 Å². The number of nitrogens with one attached hydrogen (secondary N) is 1. The Hall–Kier alpha value is -2.51. The summed E-state index contributed by atoms with van der Waals surface area (Å²) in [7, 11) is 0. The molecule has 0 atom stereocenters. The van der Waals surface area contributed by atoms with Gasteiger partial charge in [0.05, 0.1) is 16.8 Å². The molecule has 0 spiro atoms. The van der Waals surface area contributed by atoms with Crippen molar-refractivity contribution in [1.82, 2.24) is 4.98 Å². The molecule has 0 unspecified atom stereocenters. The highest BCUT2D eigenvalue weighted by Gasteiger charge is 2.07. The van der Waals surface area contributed by atoms with Crippen LogP contribution in [0.3, 0.4) is 0 Å². The lowest BCUT2D eigenvalue weighted by molar-refractivity contribution is -0.114. The molecular weight excluding hydrogens is 305 g/mol. The van der Waals surface area contributed by atoms with Gasteiger partial charge in [0, 0.05) is 5.69 Å². The number of hydrogen-bond acceptors (Lipinski definition) is 5. The standard InChI is InChI=1S/C15H12FN3O2S/c16-9-1-6-12-13(7-9)22-15(19-12)21-11-4-2-10(3-5-11)18-14(20)8-17/h1-7H,8,17H2,(H,18,20). The zero-order valence-corrected chi connectivity index (χ0v) is 12.2. The number of halogens is 1. The van der Waals surface area contributed by atoms with Gasteiger partial charge >= 0.3 is 0 Å². The predicted octanol–water partition coefficient (Wildman–Crippen LogP) is 3.12. The second-order valence-electron chi connectivity index (χ2n) is 4.47. The fraction of sp³-hybridized carbons (Fsp3) is 0.0667. The number of anilines is 1. The molecule has 0 aliphatic heterocycles. The summed E-state index contributed by atoms with van der Waals surface area (Å²) >= 11 is 1.27. The third kappa shape index (κ3) is 3.21. The largest absolute Gasteiger partial charge is 0.431 e. The van der Waals surface area contributed by atoms with Gasteiger partial charge < -0.3 is 15.8 Å². The van der Waals surface area contributed by atoms with Crippen molar-refractivity contribution in [3.8, 4) is 10.9 Å². The third-order valence-corrected chi connectivity index (χ3v) is 3.76. The average molecular weight is 317 g/mol. The van der Waals surface area contributed by atoms with Gasteiger partial charge in [-0.25, -0.2) is 9.37 Å².